The predicted molar refractivity (Wildman–Crippen MR) is 75.2 cm³/mol. The molecule has 0 radical (unpaired) electrons. The largest absolute Gasteiger partial charge is 0.390 e. The Bertz CT molecular complexity index is 429. The van der Waals surface area contributed by atoms with Crippen molar-refractivity contribution in [2.45, 2.75) is 32.9 Å². The average Bonchev–Trinajstić information content (AvgIpc) is 2.73. The predicted octanol–water partition coefficient (Wildman–Crippen LogP) is 2.50. The molecule has 0 atom stereocenters. The summed E-state index contributed by atoms with van der Waals surface area (Å²) in [5.74, 6) is 0.406. The van der Waals surface area contributed by atoms with Crippen LogP contribution in [-0.2, 0) is 6.42 Å². The van der Waals surface area contributed by atoms with Gasteiger partial charge in [-0.1, -0.05) is 0 Å². The van der Waals surface area contributed by atoms with Crippen molar-refractivity contribution in [3.05, 3.63) is 16.1 Å². The maximum atomic E-state index is 12.1. The molecule has 0 saturated carbocycles. The lowest BCUT2D eigenvalue weighted by Gasteiger charge is -2.11. The second-order valence-electron chi connectivity index (χ2n) is 4.16. The molecule has 0 aromatic carbocycles. The molecule has 1 aromatic rings. The quantitative estimate of drug-likeness (QED) is 0.627. The van der Waals surface area contributed by atoms with Crippen molar-refractivity contribution in [3.8, 4) is 0 Å². The van der Waals surface area contributed by atoms with Crippen LogP contribution in [0.25, 0.3) is 0 Å². The Morgan fingerprint density at radius 1 is 1.40 bits per heavy atom. The van der Waals surface area contributed by atoms with E-state index < -0.39 is 12.6 Å². The molecule has 2 N–H and O–H groups in total. The van der Waals surface area contributed by atoms with Crippen LogP contribution in [-0.4, -0.2) is 36.8 Å². The van der Waals surface area contributed by atoms with Gasteiger partial charge in [0, 0.05) is 24.9 Å². The molecule has 0 saturated heterocycles. The van der Waals surface area contributed by atoms with E-state index in [0.29, 0.717) is 25.5 Å². The van der Waals surface area contributed by atoms with Crippen LogP contribution in [0.4, 0.5) is 13.2 Å². The van der Waals surface area contributed by atoms with Crippen molar-refractivity contribution in [2.75, 3.05) is 19.6 Å². The van der Waals surface area contributed by atoms with Crippen LogP contribution in [0.15, 0.2) is 10.4 Å². The summed E-state index contributed by atoms with van der Waals surface area (Å²) < 4.78 is 36.2. The molecule has 1 rings (SSSR count). The van der Waals surface area contributed by atoms with Gasteiger partial charge < -0.3 is 10.6 Å². The number of aromatic nitrogens is 1. The van der Waals surface area contributed by atoms with E-state index in [-0.39, 0.29) is 6.54 Å². The van der Waals surface area contributed by atoms with E-state index in [9.17, 15) is 13.2 Å². The lowest BCUT2D eigenvalue weighted by molar-refractivity contribution is -0.132. The van der Waals surface area contributed by atoms with Gasteiger partial charge >= 0.3 is 6.18 Å². The van der Waals surface area contributed by atoms with Gasteiger partial charge in [-0.2, -0.15) is 13.2 Å². The molecule has 0 unspecified atom stereocenters. The Morgan fingerprint density at radius 2 is 2.15 bits per heavy atom. The number of hydrogen-bond acceptors (Lipinski definition) is 3. The third-order valence-corrected chi connectivity index (χ3v) is 3.17. The number of guanidine groups is 1. The zero-order chi connectivity index (χ0) is 15.0. The smallest absolute Gasteiger partial charge is 0.357 e. The summed E-state index contributed by atoms with van der Waals surface area (Å²) in [7, 11) is 0. The minimum atomic E-state index is -4.17. The second kappa shape index (κ2) is 8.08. The highest BCUT2D eigenvalue weighted by Gasteiger charge is 2.26. The van der Waals surface area contributed by atoms with E-state index in [1.807, 2.05) is 19.2 Å². The molecule has 4 nitrogen and oxygen atoms in total. The van der Waals surface area contributed by atoms with E-state index in [2.05, 4.69) is 20.6 Å². The molecule has 0 fully saturated rings. The SMILES string of the molecule is CCNC(=NCCC(F)(F)F)NCCc1csc(C)n1. The first kappa shape index (κ1) is 16.7. The minimum absolute atomic E-state index is 0.269. The summed E-state index contributed by atoms with van der Waals surface area (Å²) in [6.07, 6.45) is -4.36. The Kier molecular flexibility index (Phi) is 6.77. The van der Waals surface area contributed by atoms with E-state index in [4.69, 9.17) is 0 Å². The molecule has 0 spiro atoms. The number of aryl methyl sites for hydroxylation is 1. The van der Waals surface area contributed by atoms with Gasteiger partial charge in [0.05, 0.1) is 23.7 Å². The Labute approximate surface area is 120 Å². The molecule has 8 heteroatoms. The van der Waals surface area contributed by atoms with Gasteiger partial charge in [0.2, 0.25) is 0 Å². The minimum Gasteiger partial charge on any atom is -0.357 e. The van der Waals surface area contributed by atoms with Gasteiger partial charge in [-0.05, 0) is 13.8 Å². The molecule has 0 aliphatic heterocycles. The van der Waals surface area contributed by atoms with Crippen LogP contribution in [0, 0.1) is 6.92 Å². The topological polar surface area (TPSA) is 49.3 Å². The van der Waals surface area contributed by atoms with Crippen molar-refractivity contribution >= 4 is 17.3 Å². The first-order valence-electron chi connectivity index (χ1n) is 6.40. The Balaban J connectivity index is 2.36. The number of alkyl halides is 3. The van der Waals surface area contributed by atoms with Crippen molar-refractivity contribution in [2.24, 2.45) is 4.99 Å². The van der Waals surface area contributed by atoms with Gasteiger partial charge in [0.1, 0.15) is 0 Å². The standard InChI is InChI=1S/C12H19F3N4S/c1-3-16-11(18-7-5-12(13,14)15)17-6-4-10-8-20-9(2)19-10/h8H,3-7H2,1-2H3,(H2,16,17,18). The van der Waals surface area contributed by atoms with Crippen LogP contribution in [0.2, 0.25) is 0 Å². The molecule has 0 amide bonds. The molecular weight excluding hydrogens is 289 g/mol. The number of halogens is 3. The van der Waals surface area contributed by atoms with Crippen molar-refractivity contribution in [1.82, 2.24) is 15.6 Å². The van der Waals surface area contributed by atoms with E-state index in [1.54, 1.807) is 11.3 Å². The molecule has 0 aliphatic rings. The number of thiazole rings is 1. The first-order chi connectivity index (χ1) is 9.40. The Morgan fingerprint density at radius 3 is 2.70 bits per heavy atom. The second-order valence-corrected chi connectivity index (χ2v) is 5.22. The summed E-state index contributed by atoms with van der Waals surface area (Å²) >= 11 is 1.58. The molecule has 1 aromatic heterocycles. The molecular formula is C12H19F3N4S. The highest BCUT2D eigenvalue weighted by Crippen LogP contribution is 2.18. The number of rotatable bonds is 6. The number of nitrogens with one attached hydrogen (secondary N) is 2. The van der Waals surface area contributed by atoms with E-state index >= 15 is 0 Å². The fourth-order valence-electron chi connectivity index (χ4n) is 1.47. The first-order valence-corrected chi connectivity index (χ1v) is 7.28. The molecule has 1 heterocycles. The molecule has 0 aliphatic carbocycles. The van der Waals surface area contributed by atoms with E-state index in [1.165, 1.54) is 0 Å². The van der Waals surface area contributed by atoms with Gasteiger partial charge in [-0.15, -0.1) is 11.3 Å². The normalized spacial score (nSPS) is 12.6. The van der Waals surface area contributed by atoms with Crippen LogP contribution >= 0.6 is 11.3 Å². The van der Waals surface area contributed by atoms with Crippen molar-refractivity contribution in [3.63, 3.8) is 0 Å². The van der Waals surface area contributed by atoms with Gasteiger partial charge in [-0.3, -0.25) is 4.99 Å². The van der Waals surface area contributed by atoms with Crippen molar-refractivity contribution < 1.29 is 13.2 Å². The third kappa shape index (κ3) is 7.32. The summed E-state index contributed by atoms with van der Waals surface area (Å²) in [6, 6.07) is 0. The zero-order valence-electron chi connectivity index (χ0n) is 11.5. The van der Waals surface area contributed by atoms with Crippen molar-refractivity contribution in [1.29, 1.82) is 0 Å². The zero-order valence-corrected chi connectivity index (χ0v) is 12.4. The lowest BCUT2D eigenvalue weighted by Crippen LogP contribution is -2.38. The number of aliphatic imine (C=N–C) groups is 1. The third-order valence-electron chi connectivity index (χ3n) is 2.35. The fourth-order valence-corrected chi connectivity index (χ4v) is 2.12. The van der Waals surface area contributed by atoms with Gasteiger partial charge in [-0.25, -0.2) is 4.98 Å². The van der Waals surface area contributed by atoms with Crippen LogP contribution < -0.4 is 10.6 Å². The van der Waals surface area contributed by atoms with Crippen LogP contribution in [0.1, 0.15) is 24.0 Å². The molecule has 0 bridgehead atoms. The molecule has 114 valence electrons. The van der Waals surface area contributed by atoms with Crippen LogP contribution in [0.3, 0.4) is 0 Å². The summed E-state index contributed by atoms with van der Waals surface area (Å²) in [5, 5.41) is 8.90. The Hall–Kier alpha value is -1.31. The summed E-state index contributed by atoms with van der Waals surface area (Å²) in [5.41, 5.74) is 0.978. The number of nitrogens with zero attached hydrogens (tertiary/aromatic N) is 2. The lowest BCUT2D eigenvalue weighted by atomic mass is 10.3. The van der Waals surface area contributed by atoms with Gasteiger partial charge in [0.15, 0.2) is 5.96 Å². The fraction of sp³-hybridized carbons (Fsp3) is 0.667. The highest BCUT2D eigenvalue weighted by molar-refractivity contribution is 7.09. The van der Waals surface area contributed by atoms with E-state index in [0.717, 1.165) is 10.7 Å². The van der Waals surface area contributed by atoms with Gasteiger partial charge in [0.25, 0.3) is 0 Å². The molecule has 20 heavy (non-hydrogen) atoms. The summed E-state index contributed by atoms with van der Waals surface area (Å²) in [4.78, 5) is 8.21. The maximum absolute atomic E-state index is 12.1. The maximum Gasteiger partial charge on any atom is 0.390 e. The van der Waals surface area contributed by atoms with Crippen LogP contribution in [0.5, 0.6) is 0 Å². The number of hydrogen-bond donors (Lipinski definition) is 2. The highest BCUT2D eigenvalue weighted by atomic mass is 32.1. The monoisotopic (exact) mass is 308 g/mol. The average molecular weight is 308 g/mol. The summed E-state index contributed by atoms with van der Waals surface area (Å²) in [6.45, 7) is 4.72.